The van der Waals surface area contributed by atoms with Crippen LogP contribution in [0, 0.1) is 5.92 Å². The molecule has 0 saturated heterocycles. The largest absolute Gasteiger partial charge is 0.247 e. The van der Waals surface area contributed by atoms with E-state index in [-0.39, 0.29) is 0 Å². The van der Waals surface area contributed by atoms with Crippen molar-refractivity contribution in [2.75, 3.05) is 0 Å². The van der Waals surface area contributed by atoms with Crippen LogP contribution in [0.5, 0.6) is 0 Å². The minimum Gasteiger partial charge on any atom is -0.247 e. The Morgan fingerprint density at radius 3 is 2.47 bits per heavy atom. The lowest BCUT2D eigenvalue weighted by Gasteiger charge is -2.19. The summed E-state index contributed by atoms with van der Waals surface area (Å²) in [5, 5.41) is 19.5. The minimum atomic E-state index is 0.351. The number of aromatic nitrogens is 7. The Kier molecular flexibility index (Phi) is 6.79. The second kappa shape index (κ2) is 10.3. The molecule has 0 radical (unpaired) electrons. The molecule has 1 saturated carbocycles. The second-order valence-electron chi connectivity index (χ2n) is 9.51. The third-order valence-electron chi connectivity index (χ3n) is 7.09. The fraction of sp³-hybridized carbons (Fsp3) is 0.444. The van der Waals surface area contributed by atoms with Gasteiger partial charge in [-0.15, -0.1) is 10.2 Å². The van der Waals surface area contributed by atoms with Crippen molar-refractivity contribution in [1.29, 1.82) is 0 Å². The standard InChI is InChI=1S/C27H33N7/c1-3-19(2)34-26(28-25(31-34)17-20-9-5-4-6-10-20)18-21-13-15-22(16-14-21)23-11-7-8-12-24(23)27-29-32-33-30-27/h7-8,11-16,19-20H,3-6,9-10,17-18H2,1-2H3,(H,29,30,32,33). The van der Waals surface area contributed by atoms with Gasteiger partial charge in [-0.2, -0.15) is 10.3 Å². The van der Waals surface area contributed by atoms with E-state index in [1.54, 1.807) is 0 Å². The normalized spacial score (nSPS) is 15.5. The summed E-state index contributed by atoms with van der Waals surface area (Å²) in [6, 6.07) is 17.2. The van der Waals surface area contributed by atoms with Crippen LogP contribution in [0.2, 0.25) is 0 Å². The Labute approximate surface area is 201 Å². The average Bonchev–Trinajstić information content (AvgIpc) is 3.55. The van der Waals surface area contributed by atoms with Gasteiger partial charge in [-0.3, -0.25) is 0 Å². The first-order valence-corrected chi connectivity index (χ1v) is 12.6. The highest BCUT2D eigenvalue weighted by atomic mass is 15.5. The second-order valence-corrected chi connectivity index (χ2v) is 9.51. The van der Waals surface area contributed by atoms with Crippen LogP contribution in [-0.2, 0) is 12.8 Å². The molecule has 7 nitrogen and oxygen atoms in total. The smallest absolute Gasteiger partial charge is 0.205 e. The molecule has 7 heteroatoms. The van der Waals surface area contributed by atoms with E-state index in [1.165, 1.54) is 37.7 Å². The van der Waals surface area contributed by atoms with E-state index in [0.717, 1.165) is 53.5 Å². The van der Waals surface area contributed by atoms with E-state index in [2.05, 4.69) is 69.5 Å². The van der Waals surface area contributed by atoms with Crippen LogP contribution >= 0.6 is 0 Å². The number of benzene rings is 2. The SMILES string of the molecule is CCC(C)n1nc(CC2CCCCC2)nc1Cc1ccc(-c2ccccc2-c2nn[nH]n2)cc1. The molecule has 2 aromatic carbocycles. The van der Waals surface area contributed by atoms with Crippen molar-refractivity contribution < 1.29 is 0 Å². The van der Waals surface area contributed by atoms with Gasteiger partial charge in [0.2, 0.25) is 5.82 Å². The molecule has 1 aliphatic rings. The Bertz CT molecular complexity index is 1190. The first kappa shape index (κ1) is 22.4. The van der Waals surface area contributed by atoms with Crippen molar-refractivity contribution in [3.63, 3.8) is 0 Å². The molecule has 0 aliphatic heterocycles. The molecule has 34 heavy (non-hydrogen) atoms. The molecule has 0 amide bonds. The lowest BCUT2D eigenvalue weighted by molar-refractivity contribution is 0.350. The lowest BCUT2D eigenvalue weighted by Crippen LogP contribution is -2.12. The maximum absolute atomic E-state index is 5.02. The molecular weight excluding hydrogens is 422 g/mol. The number of hydrogen-bond acceptors (Lipinski definition) is 5. The summed E-state index contributed by atoms with van der Waals surface area (Å²) in [6.45, 7) is 4.45. The topological polar surface area (TPSA) is 85.2 Å². The van der Waals surface area contributed by atoms with Gasteiger partial charge < -0.3 is 0 Å². The first-order chi connectivity index (χ1) is 16.7. The molecule has 5 rings (SSSR count). The third-order valence-corrected chi connectivity index (χ3v) is 7.09. The molecular formula is C27H33N7. The summed E-state index contributed by atoms with van der Waals surface area (Å²) >= 11 is 0. The molecule has 1 fully saturated rings. The number of hydrogen-bond donors (Lipinski definition) is 1. The molecule has 4 aromatic rings. The third kappa shape index (κ3) is 4.93. The quantitative estimate of drug-likeness (QED) is 0.362. The van der Waals surface area contributed by atoms with Crippen molar-refractivity contribution in [3.8, 4) is 22.5 Å². The summed E-state index contributed by atoms with van der Waals surface area (Å²) in [6.07, 6.45) is 9.58. The fourth-order valence-electron chi connectivity index (χ4n) is 4.98. The van der Waals surface area contributed by atoms with Crippen LogP contribution in [0.25, 0.3) is 22.5 Å². The van der Waals surface area contributed by atoms with E-state index in [4.69, 9.17) is 10.1 Å². The lowest BCUT2D eigenvalue weighted by atomic mass is 9.87. The van der Waals surface area contributed by atoms with Gasteiger partial charge in [0.15, 0.2) is 5.82 Å². The number of rotatable bonds is 8. The Hall–Kier alpha value is -3.35. The van der Waals surface area contributed by atoms with Gasteiger partial charge in [0, 0.05) is 18.4 Å². The fourth-order valence-corrected chi connectivity index (χ4v) is 4.98. The Balaban J connectivity index is 1.37. The van der Waals surface area contributed by atoms with E-state index in [0.29, 0.717) is 11.9 Å². The van der Waals surface area contributed by atoms with Gasteiger partial charge in [0.25, 0.3) is 0 Å². The summed E-state index contributed by atoms with van der Waals surface area (Å²) in [7, 11) is 0. The summed E-state index contributed by atoms with van der Waals surface area (Å²) < 4.78 is 2.16. The van der Waals surface area contributed by atoms with Crippen molar-refractivity contribution in [2.45, 2.75) is 71.3 Å². The van der Waals surface area contributed by atoms with Crippen LogP contribution in [-0.4, -0.2) is 35.4 Å². The highest BCUT2D eigenvalue weighted by Gasteiger charge is 2.20. The maximum atomic E-state index is 5.02. The van der Waals surface area contributed by atoms with Crippen LogP contribution in [0.4, 0.5) is 0 Å². The molecule has 176 valence electrons. The molecule has 2 heterocycles. The van der Waals surface area contributed by atoms with Gasteiger partial charge in [0.05, 0.1) is 6.04 Å². The average molecular weight is 456 g/mol. The molecule has 1 unspecified atom stereocenters. The number of nitrogens with zero attached hydrogens (tertiary/aromatic N) is 6. The predicted octanol–water partition coefficient (Wildman–Crippen LogP) is 5.81. The Morgan fingerprint density at radius 2 is 1.76 bits per heavy atom. The Morgan fingerprint density at radius 1 is 1.00 bits per heavy atom. The molecule has 0 bridgehead atoms. The van der Waals surface area contributed by atoms with Crippen molar-refractivity contribution >= 4 is 0 Å². The highest BCUT2D eigenvalue weighted by Crippen LogP contribution is 2.30. The van der Waals surface area contributed by atoms with E-state index in [9.17, 15) is 0 Å². The van der Waals surface area contributed by atoms with E-state index in [1.807, 2.05) is 18.2 Å². The summed E-state index contributed by atoms with van der Waals surface area (Å²) in [5.41, 5.74) is 4.42. The van der Waals surface area contributed by atoms with Crippen LogP contribution in [0.3, 0.4) is 0 Å². The predicted molar refractivity (Wildman–Crippen MR) is 133 cm³/mol. The van der Waals surface area contributed by atoms with Crippen LogP contribution < -0.4 is 0 Å². The molecule has 1 aliphatic carbocycles. The zero-order valence-corrected chi connectivity index (χ0v) is 20.1. The van der Waals surface area contributed by atoms with Gasteiger partial charge >= 0.3 is 0 Å². The highest BCUT2D eigenvalue weighted by molar-refractivity contribution is 5.80. The molecule has 1 N–H and O–H groups in total. The van der Waals surface area contributed by atoms with Crippen LogP contribution in [0.1, 0.15) is 75.6 Å². The van der Waals surface area contributed by atoms with Gasteiger partial charge in [0.1, 0.15) is 5.82 Å². The monoisotopic (exact) mass is 455 g/mol. The van der Waals surface area contributed by atoms with Gasteiger partial charge in [-0.1, -0.05) is 87.6 Å². The number of H-pyrrole nitrogens is 1. The number of tetrazole rings is 1. The van der Waals surface area contributed by atoms with Gasteiger partial charge in [-0.05, 0) is 41.2 Å². The van der Waals surface area contributed by atoms with Gasteiger partial charge in [-0.25, -0.2) is 9.67 Å². The van der Waals surface area contributed by atoms with E-state index >= 15 is 0 Å². The zero-order chi connectivity index (χ0) is 23.3. The summed E-state index contributed by atoms with van der Waals surface area (Å²) in [4.78, 5) is 5.02. The first-order valence-electron chi connectivity index (χ1n) is 12.6. The summed E-state index contributed by atoms with van der Waals surface area (Å²) in [5.74, 6) is 3.44. The molecule has 0 spiro atoms. The van der Waals surface area contributed by atoms with Crippen molar-refractivity contribution in [3.05, 3.63) is 65.7 Å². The molecule has 1 atom stereocenters. The van der Waals surface area contributed by atoms with Crippen molar-refractivity contribution in [2.24, 2.45) is 5.92 Å². The number of aromatic amines is 1. The minimum absolute atomic E-state index is 0.351. The van der Waals surface area contributed by atoms with Crippen LogP contribution in [0.15, 0.2) is 48.5 Å². The zero-order valence-electron chi connectivity index (χ0n) is 20.1. The van der Waals surface area contributed by atoms with E-state index < -0.39 is 0 Å². The number of nitrogens with one attached hydrogen (secondary N) is 1. The molecule has 2 aromatic heterocycles. The van der Waals surface area contributed by atoms with Crippen molar-refractivity contribution in [1.82, 2.24) is 35.4 Å². The maximum Gasteiger partial charge on any atom is 0.205 e.